The quantitative estimate of drug-likeness (QED) is 0.526. The fourth-order valence-corrected chi connectivity index (χ4v) is 1.74. The van der Waals surface area contributed by atoms with E-state index in [-0.39, 0.29) is 18.2 Å². The van der Waals surface area contributed by atoms with Crippen LogP contribution in [0, 0.1) is 16.0 Å². The Morgan fingerprint density at radius 1 is 1.50 bits per heavy atom. The Morgan fingerprint density at radius 3 is 2.85 bits per heavy atom. The predicted octanol–water partition coefficient (Wildman–Crippen LogP) is 2.12. The van der Waals surface area contributed by atoms with Crippen LogP contribution in [0.25, 0.3) is 0 Å². The molecule has 1 unspecified atom stereocenters. The minimum absolute atomic E-state index is 0.0745. The first-order chi connectivity index (χ1) is 9.56. The molecule has 1 atom stereocenters. The third-order valence-corrected chi connectivity index (χ3v) is 2.98. The number of carbonyl (C=O) groups is 1. The number of benzene rings is 1. The number of aliphatic hydroxyl groups excluding tert-OH is 1. The lowest BCUT2D eigenvalue weighted by molar-refractivity contribution is -0.384. The Kier molecular flexibility index (Phi) is 6.45. The number of non-ortho nitro benzene ring substituents is 1. The number of nitro groups is 1. The van der Waals surface area contributed by atoms with Crippen LogP contribution in [0.1, 0.15) is 19.8 Å². The van der Waals surface area contributed by atoms with Gasteiger partial charge in [-0.05, 0) is 18.4 Å². The summed E-state index contributed by atoms with van der Waals surface area (Å²) in [5.41, 5.74) is 0.293. The van der Waals surface area contributed by atoms with Crippen molar-refractivity contribution in [3.63, 3.8) is 0 Å². The summed E-state index contributed by atoms with van der Waals surface area (Å²) in [6, 6.07) is 5.33. The van der Waals surface area contributed by atoms with Gasteiger partial charge in [0.05, 0.1) is 4.92 Å². The average Bonchev–Trinajstić information content (AvgIpc) is 2.43. The summed E-state index contributed by atoms with van der Waals surface area (Å²) >= 11 is 0. The third kappa shape index (κ3) is 5.23. The zero-order valence-electron chi connectivity index (χ0n) is 11.3. The Balaban J connectivity index is 2.49. The van der Waals surface area contributed by atoms with Crippen LogP contribution in [-0.4, -0.2) is 29.2 Å². The van der Waals surface area contributed by atoms with Crippen LogP contribution in [0.2, 0.25) is 0 Å². The fourth-order valence-electron chi connectivity index (χ4n) is 1.74. The van der Waals surface area contributed by atoms with E-state index in [1.54, 1.807) is 6.07 Å². The lowest BCUT2D eigenvalue weighted by Gasteiger charge is -2.14. The van der Waals surface area contributed by atoms with E-state index in [0.29, 0.717) is 18.7 Å². The maximum Gasteiger partial charge on any atom is 0.319 e. The average molecular weight is 281 g/mol. The molecule has 0 aliphatic rings. The number of hydrogen-bond acceptors (Lipinski definition) is 4. The first kappa shape index (κ1) is 15.9. The van der Waals surface area contributed by atoms with Crippen LogP contribution in [0.5, 0.6) is 0 Å². The van der Waals surface area contributed by atoms with Gasteiger partial charge in [0.25, 0.3) is 5.69 Å². The van der Waals surface area contributed by atoms with Crippen molar-refractivity contribution in [1.82, 2.24) is 5.32 Å². The molecule has 0 saturated carbocycles. The van der Waals surface area contributed by atoms with Crippen LogP contribution in [-0.2, 0) is 0 Å². The van der Waals surface area contributed by atoms with Crippen molar-refractivity contribution in [3.05, 3.63) is 34.4 Å². The van der Waals surface area contributed by atoms with Crippen LogP contribution >= 0.6 is 0 Å². The fraction of sp³-hybridized carbons (Fsp3) is 0.462. The second-order valence-electron chi connectivity index (χ2n) is 4.43. The molecule has 0 aromatic heterocycles. The lowest BCUT2D eigenvalue weighted by Crippen LogP contribution is -2.33. The van der Waals surface area contributed by atoms with Gasteiger partial charge in [0.1, 0.15) is 0 Å². The number of carbonyl (C=O) groups excluding carboxylic acids is 1. The predicted molar refractivity (Wildman–Crippen MR) is 75.6 cm³/mol. The smallest absolute Gasteiger partial charge is 0.319 e. The number of amides is 2. The number of anilines is 1. The molecule has 0 aliphatic carbocycles. The highest BCUT2D eigenvalue weighted by Gasteiger charge is 2.10. The number of nitro benzene ring substituents is 1. The summed E-state index contributed by atoms with van der Waals surface area (Å²) in [6.45, 7) is 2.53. The molecule has 0 heterocycles. The van der Waals surface area contributed by atoms with E-state index in [0.717, 1.165) is 6.42 Å². The molecule has 7 heteroatoms. The highest BCUT2D eigenvalue weighted by molar-refractivity contribution is 5.89. The van der Waals surface area contributed by atoms with Gasteiger partial charge in [-0.1, -0.05) is 19.4 Å². The largest absolute Gasteiger partial charge is 0.396 e. The van der Waals surface area contributed by atoms with E-state index in [9.17, 15) is 14.9 Å². The molecule has 20 heavy (non-hydrogen) atoms. The van der Waals surface area contributed by atoms with E-state index >= 15 is 0 Å². The van der Waals surface area contributed by atoms with Gasteiger partial charge in [-0.15, -0.1) is 0 Å². The second kappa shape index (κ2) is 8.11. The second-order valence-corrected chi connectivity index (χ2v) is 4.43. The maximum atomic E-state index is 11.7. The monoisotopic (exact) mass is 281 g/mol. The number of aliphatic hydroxyl groups is 1. The Bertz CT molecular complexity index is 465. The number of urea groups is 1. The van der Waals surface area contributed by atoms with Crippen molar-refractivity contribution in [2.45, 2.75) is 19.8 Å². The highest BCUT2D eigenvalue weighted by Crippen LogP contribution is 2.16. The van der Waals surface area contributed by atoms with Crippen molar-refractivity contribution >= 4 is 17.4 Å². The Labute approximate surface area is 117 Å². The summed E-state index contributed by atoms with van der Waals surface area (Å²) in [6.07, 6.45) is 1.49. The summed E-state index contributed by atoms with van der Waals surface area (Å²) < 4.78 is 0. The summed E-state index contributed by atoms with van der Waals surface area (Å²) in [4.78, 5) is 21.8. The van der Waals surface area contributed by atoms with Crippen molar-refractivity contribution in [3.8, 4) is 0 Å². The maximum absolute atomic E-state index is 11.7. The van der Waals surface area contributed by atoms with Crippen molar-refractivity contribution in [2.75, 3.05) is 18.5 Å². The van der Waals surface area contributed by atoms with Gasteiger partial charge in [0.2, 0.25) is 0 Å². The van der Waals surface area contributed by atoms with Crippen molar-refractivity contribution < 1.29 is 14.8 Å². The van der Waals surface area contributed by atoms with Crippen molar-refractivity contribution in [2.24, 2.45) is 5.92 Å². The SMILES string of the molecule is CCC(CCO)CNC(=O)Nc1cccc([N+](=O)[O-])c1. The third-order valence-electron chi connectivity index (χ3n) is 2.98. The Morgan fingerprint density at radius 2 is 2.25 bits per heavy atom. The molecule has 1 aromatic rings. The minimum atomic E-state index is -0.516. The number of nitrogens with zero attached hydrogens (tertiary/aromatic N) is 1. The van der Waals surface area contributed by atoms with E-state index in [1.807, 2.05) is 6.92 Å². The molecule has 3 N–H and O–H groups in total. The molecular formula is C13H19N3O4. The van der Waals surface area contributed by atoms with Gasteiger partial charge in [0, 0.05) is 31.0 Å². The van der Waals surface area contributed by atoms with Gasteiger partial charge >= 0.3 is 6.03 Å². The van der Waals surface area contributed by atoms with Crippen LogP contribution in [0.3, 0.4) is 0 Å². The molecule has 0 bridgehead atoms. The molecule has 110 valence electrons. The number of rotatable bonds is 7. The zero-order chi connectivity index (χ0) is 15.0. The molecule has 0 fully saturated rings. The normalized spacial score (nSPS) is 11.7. The first-order valence-corrected chi connectivity index (χ1v) is 6.47. The summed E-state index contributed by atoms with van der Waals surface area (Å²) in [5, 5.41) is 24.7. The molecule has 0 radical (unpaired) electrons. The van der Waals surface area contributed by atoms with Crippen molar-refractivity contribution in [1.29, 1.82) is 0 Å². The van der Waals surface area contributed by atoms with E-state index < -0.39 is 11.0 Å². The van der Waals surface area contributed by atoms with Crippen LogP contribution in [0.15, 0.2) is 24.3 Å². The summed E-state index contributed by atoms with van der Waals surface area (Å²) in [5.74, 6) is 0.218. The summed E-state index contributed by atoms with van der Waals surface area (Å²) in [7, 11) is 0. The lowest BCUT2D eigenvalue weighted by atomic mass is 10.0. The highest BCUT2D eigenvalue weighted by atomic mass is 16.6. The molecular weight excluding hydrogens is 262 g/mol. The Hall–Kier alpha value is -2.15. The topological polar surface area (TPSA) is 104 Å². The van der Waals surface area contributed by atoms with E-state index in [1.165, 1.54) is 18.2 Å². The van der Waals surface area contributed by atoms with Crippen LogP contribution < -0.4 is 10.6 Å². The molecule has 0 saturated heterocycles. The van der Waals surface area contributed by atoms with Gasteiger partial charge in [-0.2, -0.15) is 0 Å². The minimum Gasteiger partial charge on any atom is -0.396 e. The van der Waals surface area contributed by atoms with E-state index in [4.69, 9.17) is 5.11 Å². The molecule has 1 rings (SSSR count). The standard InChI is InChI=1S/C13H19N3O4/c1-2-10(6-7-17)9-14-13(18)15-11-4-3-5-12(8-11)16(19)20/h3-5,8,10,17H,2,6-7,9H2,1H3,(H2,14,15,18). The van der Waals surface area contributed by atoms with Crippen LogP contribution in [0.4, 0.5) is 16.2 Å². The van der Waals surface area contributed by atoms with Gasteiger partial charge in [-0.3, -0.25) is 10.1 Å². The molecule has 7 nitrogen and oxygen atoms in total. The first-order valence-electron chi connectivity index (χ1n) is 6.47. The van der Waals surface area contributed by atoms with E-state index in [2.05, 4.69) is 10.6 Å². The molecule has 1 aromatic carbocycles. The molecule has 0 aliphatic heterocycles. The molecule has 0 spiro atoms. The molecule has 2 amide bonds. The number of hydrogen-bond donors (Lipinski definition) is 3. The van der Waals surface area contributed by atoms with Gasteiger partial charge in [0.15, 0.2) is 0 Å². The number of nitrogens with one attached hydrogen (secondary N) is 2. The zero-order valence-corrected chi connectivity index (χ0v) is 11.3. The van der Waals surface area contributed by atoms with Gasteiger partial charge in [-0.25, -0.2) is 4.79 Å². The van der Waals surface area contributed by atoms with Gasteiger partial charge < -0.3 is 15.7 Å².